The molecule has 6 nitrogen and oxygen atoms in total. The predicted molar refractivity (Wildman–Crippen MR) is 111 cm³/mol. The zero-order valence-corrected chi connectivity index (χ0v) is 15.7. The summed E-state index contributed by atoms with van der Waals surface area (Å²) in [6.45, 7) is -0.470. The lowest BCUT2D eigenvalue weighted by molar-refractivity contribution is -0.121. The van der Waals surface area contributed by atoms with Gasteiger partial charge in [-0.2, -0.15) is 0 Å². The fraction of sp³-hybridized carbons (Fsp3) is 0.0870. The number of ether oxygens (including phenoxy) is 2. The molecule has 29 heavy (non-hydrogen) atoms. The molecule has 0 aliphatic rings. The van der Waals surface area contributed by atoms with Gasteiger partial charge in [0.25, 0.3) is 5.91 Å². The van der Waals surface area contributed by atoms with E-state index in [1.807, 2.05) is 54.6 Å². The smallest absolute Gasteiger partial charge is 0.339 e. The van der Waals surface area contributed by atoms with Crippen molar-refractivity contribution in [1.82, 2.24) is 4.98 Å². The molecule has 6 heteroatoms. The van der Waals surface area contributed by atoms with Gasteiger partial charge in [-0.25, -0.2) is 9.78 Å². The molecule has 0 unspecified atom stereocenters. The fourth-order valence-electron chi connectivity index (χ4n) is 3.22. The lowest BCUT2D eigenvalue weighted by Gasteiger charge is -2.10. The molecule has 0 fully saturated rings. The molecular formula is C23H18N2O4. The molecule has 4 rings (SSSR count). The average molecular weight is 386 g/mol. The van der Waals surface area contributed by atoms with Gasteiger partial charge in [-0.15, -0.1) is 0 Å². The standard InChI is InChI=1S/C23H18N2O4/c1-28-17-9-8-14-10-16(7-6-15(14)11-17)21-12-19(23(27)29-13-22(24)26)18-4-2-3-5-20(18)25-21/h2-12H,13H2,1H3,(H2,24,26). The molecule has 1 aromatic heterocycles. The number of hydrogen-bond acceptors (Lipinski definition) is 5. The van der Waals surface area contributed by atoms with Gasteiger partial charge in [-0.1, -0.05) is 36.4 Å². The summed E-state index contributed by atoms with van der Waals surface area (Å²) < 4.78 is 10.3. The summed E-state index contributed by atoms with van der Waals surface area (Å²) in [5.74, 6) is -0.537. The van der Waals surface area contributed by atoms with Crippen LogP contribution in [0.25, 0.3) is 32.9 Å². The number of carbonyl (C=O) groups excluding carboxylic acids is 2. The quantitative estimate of drug-likeness (QED) is 0.528. The van der Waals surface area contributed by atoms with Crippen LogP contribution in [-0.2, 0) is 9.53 Å². The molecule has 1 heterocycles. The number of fused-ring (bicyclic) bond motifs is 2. The summed E-state index contributed by atoms with van der Waals surface area (Å²) in [5.41, 5.74) is 7.57. The lowest BCUT2D eigenvalue weighted by atomic mass is 10.0. The summed E-state index contributed by atoms with van der Waals surface area (Å²) in [6, 6.07) is 20.7. The number of aromatic nitrogens is 1. The van der Waals surface area contributed by atoms with Crippen molar-refractivity contribution in [3.8, 4) is 17.0 Å². The highest BCUT2D eigenvalue weighted by atomic mass is 16.5. The maximum atomic E-state index is 12.6. The number of primary amides is 1. The molecule has 1 amide bonds. The van der Waals surface area contributed by atoms with E-state index in [2.05, 4.69) is 0 Å². The van der Waals surface area contributed by atoms with Crippen LogP contribution in [-0.4, -0.2) is 30.6 Å². The van der Waals surface area contributed by atoms with E-state index in [9.17, 15) is 9.59 Å². The first kappa shape index (κ1) is 18.4. The van der Waals surface area contributed by atoms with Crippen LogP contribution in [0.3, 0.4) is 0 Å². The SMILES string of the molecule is COc1ccc2cc(-c3cc(C(=O)OCC(N)=O)c4ccccc4n3)ccc2c1. The van der Waals surface area contributed by atoms with Gasteiger partial charge in [0.05, 0.1) is 23.9 Å². The maximum Gasteiger partial charge on any atom is 0.339 e. The van der Waals surface area contributed by atoms with E-state index in [1.165, 1.54) is 0 Å². The van der Waals surface area contributed by atoms with Crippen LogP contribution >= 0.6 is 0 Å². The van der Waals surface area contributed by atoms with Crippen LogP contribution in [0.2, 0.25) is 0 Å². The molecule has 3 aromatic carbocycles. The Balaban J connectivity index is 1.82. The maximum absolute atomic E-state index is 12.6. The first-order valence-electron chi connectivity index (χ1n) is 8.98. The van der Waals surface area contributed by atoms with Crippen LogP contribution < -0.4 is 10.5 Å². The van der Waals surface area contributed by atoms with Crippen LogP contribution in [0, 0.1) is 0 Å². The Bertz CT molecular complexity index is 1250. The molecule has 0 spiro atoms. The fourth-order valence-corrected chi connectivity index (χ4v) is 3.22. The number of benzene rings is 3. The van der Waals surface area contributed by atoms with E-state index in [4.69, 9.17) is 20.2 Å². The minimum Gasteiger partial charge on any atom is -0.497 e. The molecule has 144 valence electrons. The second-order valence-electron chi connectivity index (χ2n) is 6.54. The highest BCUT2D eigenvalue weighted by Gasteiger charge is 2.16. The van der Waals surface area contributed by atoms with Gasteiger partial charge < -0.3 is 15.2 Å². The number of hydrogen-bond donors (Lipinski definition) is 1. The van der Waals surface area contributed by atoms with Crippen molar-refractivity contribution in [1.29, 1.82) is 0 Å². The van der Waals surface area contributed by atoms with Gasteiger partial charge in [-0.3, -0.25) is 4.79 Å². The Morgan fingerprint density at radius 3 is 2.52 bits per heavy atom. The van der Waals surface area contributed by atoms with Crippen molar-refractivity contribution in [2.75, 3.05) is 13.7 Å². The molecule has 0 radical (unpaired) electrons. The largest absolute Gasteiger partial charge is 0.497 e. The molecule has 0 saturated heterocycles. The highest BCUT2D eigenvalue weighted by Crippen LogP contribution is 2.29. The molecule has 4 aromatic rings. The van der Waals surface area contributed by atoms with Crippen LogP contribution in [0.1, 0.15) is 10.4 Å². The Hall–Kier alpha value is -3.93. The average Bonchev–Trinajstić information content (AvgIpc) is 2.75. The normalized spacial score (nSPS) is 10.8. The van der Waals surface area contributed by atoms with Crippen molar-refractivity contribution in [3.63, 3.8) is 0 Å². The van der Waals surface area contributed by atoms with Crippen molar-refractivity contribution in [2.45, 2.75) is 0 Å². The topological polar surface area (TPSA) is 91.5 Å². The van der Waals surface area contributed by atoms with Crippen molar-refractivity contribution in [3.05, 3.63) is 72.3 Å². The van der Waals surface area contributed by atoms with Crippen LogP contribution in [0.4, 0.5) is 0 Å². The van der Waals surface area contributed by atoms with E-state index < -0.39 is 18.5 Å². The molecule has 2 N–H and O–H groups in total. The molecular weight excluding hydrogens is 368 g/mol. The number of nitrogens with two attached hydrogens (primary N) is 1. The van der Waals surface area contributed by atoms with E-state index >= 15 is 0 Å². The Morgan fingerprint density at radius 2 is 1.72 bits per heavy atom. The zero-order chi connectivity index (χ0) is 20.4. The summed E-state index contributed by atoms with van der Waals surface area (Å²) >= 11 is 0. The first-order chi connectivity index (χ1) is 14.0. The molecule has 0 bridgehead atoms. The van der Waals surface area contributed by atoms with Crippen molar-refractivity contribution in [2.24, 2.45) is 5.73 Å². The summed E-state index contributed by atoms with van der Waals surface area (Å²) in [7, 11) is 1.63. The number of pyridine rings is 1. The lowest BCUT2D eigenvalue weighted by Crippen LogP contribution is -2.21. The Kier molecular flexibility index (Phi) is 4.83. The Labute approximate surface area is 166 Å². The summed E-state index contributed by atoms with van der Waals surface area (Å²) in [6.07, 6.45) is 0. The number of methoxy groups -OCH3 is 1. The van der Waals surface area contributed by atoms with Gasteiger partial charge >= 0.3 is 5.97 Å². The minimum atomic E-state index is -0.707. The monoisotopic (exact) mass is 386 g/mol. The predicted octanol–water partition coefficient (Wildman–Crippen LogP) is 3.71. The van der Waals surface area contributed by atoms with E-state index in [0.717, 1.165) is 22.1 Å². The van der Waals surface area contributed by atoms with Crippen molar-refractivity contribution < 1.29 is 19.1 Å². The number of rotatable bonds is 5. The minimum absolute atomic E-state index is 0.335. The second kappa shape index (κ2) is 7.59. The number of nitrogens with zero attached hydrogens (tertiary/aromatic N) is 1. The van der Waals surface area contributed by atoms with E-state index in [-0.39, 0.29) is 0 Å². The van der Waals surface area contributed by atoms with E-state index in [0.29, 0.717) is 22.2 Å². The molecule has 0 saturated carbocycles. The van der Waals surface area contributed by atoms with Gasteiger partial charge in [0.15, 0.2) is 6.61 Å². The second-order valence-corrected chi connectivity index (χ2v) is 6.54. The highest BCUT2D eigenvalue weighted by molar-refractivity contribution is 6.05. The third kappa shape index (κ3) is 3.73. The first-order valence-corrected chi connectivity index (χ1v) is 8.98. The third-order valence-corrected chi connectivity index (χ3v) is 4.62. The van der Waals surface area contributed by atoms with Gasteiger partial charge in [0.1, 0.15) is 5.75 Å². The van der Waals surface area contributed by atoms with Gasteiger partial charge in [-0.05, 0) is 41.1 Å². The molecule has 0 atom stereocenters. The van der Waals surface area contributed by atoms with Crippen molar-refractivity contribution >= 4 is 33.6 Å². The molecule has 0 aliphatic carbocycles. The number of carbonyl (C=O) groups is 2. The number of amides is 1. The third-order valence-electron chi connectivity index (χ3n) is 4.62. The number of esters is 1. The molecule has 0 aliphatic heterocycles. The van der Waals surface area contributed by atoms with Crippen LogP contribution in [0.15, 0.2) is 66.7 Å². The summed E-state index contributed by atoms with van der Waals surface area (Å²) in [4.78, 5) is 28.2. The summed E-state index contributed by atoms with van der Waals surface area (Å²) in [5, 5.41) is 2.71. The van der Waals surface area contributed by atoms with Gasteiger partial charge in [0, 0.05) is 10.9 Å². The van der Waals surface area contributed by atoms with Gasteiger partial charge in [0.2, 0.25) is 0 Å². The zero-order valence-electron chi connectivity index (χ0n) is 15.7. The number of para-hydroxylation sites is 1. The Morgan fingerprint density at radius 1 is 0.966 bits per heavy atom. The van der Waals surface area contributed by atoms with Crippen LogP contribution in [0.5, 0.6) is 5.75 Å². The van der Waals surface area contributed by atoms with E-state index in [1.54, 1.807) is 19.2 Å².